The van der Waals surface area contributed by atoms with Gasteiger partial charge in [-0.25, -0.2) is 0 Å². The van der Waals surface area contributed by atoms with Gasteiger partial charge >= 0.3 is 5.97 Å². The molecule has 1 heterocycles. The minimum absolute atomic E-state index is 0.212. The second-order valence-electron chi connectivity index (χ2n) is 3.81. The Hall–Kier alpha value is -1.36. The predicted octanol–water partition coefficient (Wildman–Crippen LogP) is 2.18. The third-order valence-electron chi connectivity index (χ3n) is 2.61. The summed E-state index contributed by atoms with van der Waals surface area (Å²) in [7, 11) is 0. The van der Waals surface area contributed by atoms with Crippen LogP contribution in [0.2, 0.25) is 0 Å². The molecule has 0 spiro atoms. The number of thioether (sulfide) groups is 1. The molecule has 0 aliphatic heterocycles. The molecule has 1 aromatic rings. The molecule has 0 aromatic carbocycles. The average Bonchev–Trinajstić information content (AvgIpc) is 2.39. The van der Waals surface area contributed by atoms with Crippen LogP contribution in [0, 0.1) is 0 Å². The zero-order chi connectivity index (χ0) is 13.6. The lowest BCUT2D eigenvalue weighted by atomic mass is 9.85. The first kappa shape index (κ1) is 14.7. The second kappa shape index (κ2) is 6.54. The van der Waals surface area contributed by atoms with E-state index in [9.17, 15) is 9.59 Å². The van der Waals surface area contributed by atoms with Crippen molar-refractivity contribution in [2.75, 3.05) is 12.4 Å². The average molecular weight is 267 g/mol. The molecule has 0 N–H and O–H groups in total. The first-order valence-corrected chi connectivity index (χ1v) is 6.80. The van der Waals surface area contributed by atoms with Crippen molar-refractivity contribution >= 4 is 22.8 Å². The summed E-state index contributed by atoms with van der Waals surface area (Å²) in [6.45, 7) is 5.43. The molecule has 1 aromatic heterocycles. The van der Waals surface area contributed by atoms with Crippen LogP contribution in [0.3, 0.4) is 0 Å². The fourth-order valence-electron chi connectivity index (χ4n) is 1.53. The Morgan fingerprint density at radius 1 is 1.44 bits per heavy atom. The number of esters is 1. The van der Waals surface area contributed by atoms with E-state index in [2.05, 4.69) is 4.98 Å². The summed E-state index contributed by atoms with van der Waals surface area (Å²) in [5.41, 5.74) is -0.722. The monoisotopic (exact) mass is 267 g/mol. The lowest BCUT2D eigenvalue weighted by molar-refractivity contribution is -0.151. The van der Waals surface area contributed by atoms with E-state index < -0.39 is 11.4 Å². The molecule has 0 aliphatic rings. The molecule has 1 rings (SSSR count). The first-order chi connectivity index (χ1) is 8.57. The minimum atomic E-state index is -1.29. The Labute approximate surface area is 111 Å². The summed E-state index contributed by atoms with van der Waals surface area (Å²) in [5, 5.41) is -0.212. The van der Waals surface area contributed by atoms with Gasteiger partial charge in [0.25, 0.3) is 0 Å². The molecule has 0 aliphatic carbocycles. The van der Waals surface area contributed by atoms with Crippen LogP contribution in [0.5, 0.6) is 0 Å². The van der Waals surface area contributed by atoms with E-state index in [0.29, 0.717) is 11.3 Å². The van der Waals surface area contributed by atoms with E-state index in [-0.39, 0.29) is 11.7 Å². The molecular weight excluding hydrogens is 250 g/mol. The Balaban J connectivity index is 3.17. The highest BCUT2D eigenvalue weighted by molar-refractivity contribution is 8.13. The van der Waals surface area contributed by atoms with Crippen LogP contribution in [0.1, 0.15) is 26.3 Å². The molecule has 0 saturated carbocycles. The highest BCUT2D eigenvalue weighted by Crippen LogP contribution is 2.30. The maximum atomic E-state index is 12.2. The van der Waals surface area contributed by atoms with Crippen molar-refractivity contribution < 1.29 is 14.3 Å². The fraction of sp³-hybridized carbons (Fsp3) is 0.462. The lowest BCUT2D eigenvalue weighted by Crippen LogP contribution is -2.41. The number of rotatable bonds is 5. The van der Waals surface area contributed by atoms with Crippen LogP contribution in [-0.4, -0.2) is 28.4 Å². The highest BCUT2D eigenvalue weighted by Gasteiger charge is 2.44. The van der Waals surface area contributed by atoms with Crippen molar-refractivity contribution in [2.45, 2.75) is 26.2 Å². The van der Waals surface area contributed by atoms with Gasteiger partial charge in [-0.2, -0.15) is 0 Å². The van der Waals surface area contributed by atoms with Gasteiger partial charge in [-0.15, -0.1) is 0 Å². The number of carbonyl (C=O) groups is 2. The fourth-order valence-corrected chi connectivity index (χ4v) is 2.28. The predicted molar refractivity (Wildman–Crippen MR) is 71.4 cm³/mol. The van der Waals surface area contributed by atoms with Gasteiger partial charge in [0.1, 0.15) is 0 Å². The van der Waals surface area contributed by atoms with Crippen LogP contribution >= 0.6 is 11.8 Å². The van der Waals surface area contributed by atoms with E-state index in [1.807, 2.05) is 6.92 Å². The zero-order valence-electron chi connectivity index (χ0n) is 10.8. The largest absolute Gasteiger partial charge is 0.465 e. The molecule has 1 unspecified atom stereocenters. The molecule has 0 radical (unpaired) electrons. The van der Waals surface area contributed by atoms with Crippen LogP contribution < -0.4 is 0 Å². The smallest absolute Gasteiger partial charge is 0.324 e. The lowest BCUT2D eigenvalue weighted by Gasteiger charge is -2.25. The van der Waals surface area contributed by atoms with E-state index in [4.69, 9.17) is 4.74 Å². The first-order valence-electron chi connectivity index (χ1n) is 5.82. The molecule has 98 valence electrons. The summed E-state index contributed by atoms with van der Waals surface area (Å²) < 4.78 is 5.03. The van der Waals surface area contributed by atoms with Crippen LogP contribution in [0.15, 0.2) is 24.5 Å². The number of nitrogens with zero attached hydrogens (tertiary/aromatic N) is 1. The van der Waals surface area contributed by atoms with Crippen molar-refractivity contribution in [1.29, 1.82) is 0 Å². The van der Waals surface area contributed by atoms with Crippen molar-refractivity contribution in [3.63, 3.8) is 0 Å². The second-order valence-corrected chi connectivity index (χ2v) is 5.04. The number of ether oxygens (including phenoxy) is 1. The van der Waals surface area contributed by atoms with Crippen LogP contribution in [0.25, 0.3) is 0 Å². The van der Waals surface area contributed by atoms with Gasteiger partial charge in [0, 0.05) is 12.4 Å². The van der Waals surface area contributed by atoms with Gasteiger partial charge in [-0.05, 0) is 31.2 Å². The molecule has 1 atom stereocenters. The highest BCUT2D eigenvalue weighted by atomic mass is 32.2. The summed E-state index contributed by atoms with van der Waals surface area (Å²) in [5.74, 6) is 0.0950. The molecule has 0 saturated heterocycles. The maximum absolute atomic E-state index is 12.2. The molecule has 4 nitrogen and oxygen atoms in total. The van der Waals surface area contributed by atoms with Crippen LogP contribution in [0.4, 0.5) is 0 Å². The number of hydrogen-bond acceptors (Lipinski definition) is 5. The summed E-state index contributed by atoms with van der Waals surface area (Å²) in [4.78, 5) is 28.3. The Kier molecular flexibility index (Phi) is 5.34. The summed E-state index contributed by atoms with van der Waals surface area (Å²) >= 11 is 1.12. The molecule has 5 heteroatoms. The maximum Gasteiger partial charge on any atom is 0.324 e. The Bertz CT molecular complexity index is 402. The van der Waals surface area contributed by atoms with Crippen molar-refractivity contribution in [1.82, 2.24) is 4.98 Å². The van der Waals surface area contributed by atoms with Gasteiger partial charge in [-0.3, -0.25) is 14.6 Å². The van der Waals surface area contributed by atoms with Crippen molar-refractivity contribution in [2.24, 2.45) is 0 Å². The molecule has 0 amide bonds. The van der Waals surface area contributed by atoms with E-state index in [1.165, 1.54) is 6.20 Å². The standard InChI is InChI=1S/C13H17NO3S/c1-4-17-11(15)13(3,12(16)18-5-2)10-7-6-8-14-9-10/h6-9H,4-5H2,1-3H3. The zero-order valence-corrected chi connectivity index (χ0v) is 11.6. The number of aromatic nitrogens is 1. The number of pyridine rings is 1. The van der Waals surface area contributed by atoms with E-state index >= 15 is 0 Å². The van der Waals surface area contributed by atoms with Gasteiger partial charge < -0.3 is 4.74 Å². The molecule has 0 fully saturated rings. The van der Waals surface area contributed by atoms with E-state index in [0.717, 1.165) is 11.8 Å². The van der Waals surface area contributed by atoms with Gasteiger partial charge in [0.15, 0.2) is 5.41 Å². The normalized spacial score (nSPS) is 13.7. The molecule has 18 heavy (non-hydrogen) atoms. The van der Waals surface area contributed by atoms with E-state index in [1.54, 1.807) is 32.2 Å². The van der Waals surface area contributed by atoms with Gasteiger partial charge in [-0.1, -0.05) is 24.8 Å². The summed E-state index contributed by atoms with van der Waals surface area (Å²) in [6.07, 6.45) is 3.14. The van der Waals surface area contributed by atoms with Gasteiger partial charge in [0.05, 0.1) is 6.61 Å². The minimum Gasteiger partial charge on any atom is -0.465 e. The third-order valence-corrected chi connectivity index (χ3v) is 3.57. The topological polar surface area (TPSA) is 56.3 Å². The molecule has 0 bridgehead atoms. The third kappa shape index (κ3) is 2.90. The Morgan fingerprint density at radius 3 is 2.67 bits per heavy atom. The quantitative estimate of drug-likeness (QED) is 0.604. The number of hydrogen-bond donors (Lipinski definition) is 0. The van der Waals surface area contributed by atoms with Crippen LogP contribution in [-0.2, 0) is 19.7 Å². The van der Waals surface area contributed by atoms with Crippen molar-refractivity contribution in [3.8, 4) is 0 Å². The van der Waals surface area contributed by atoms with Gasteiger partial charge in [0.2, 0.25) is 5.12 Å². The molecular formula is C13H17NO3S. The SMILES string of the molecule is CCOC(=O)C(C)(C(=O)SCC)c1cccnc1. The summed E-state index contributed by atoms with van der Waals surface area (Å²) in [6, 6.07) is 3.43. The Morgan fingerprint density at radius 2 is 2.17 bits per heavy atom. The number of carbonyl (C=O) groups excluding carboxylic acids is 2. The van der Waals surface area contributed by atoms with Crippen molar-refractivity contribution in [3.05, 3.63) is 30.1 Å².